The number of aryl methyl sites for hydroxylation is 1. The number of para-hydroxylation sites is 1. The van der Waals surface area contributed by atoms with Gasteiger partial charge >= 0.3 is 5.69 Å². The van der Waals surface area contributed by atoms with E-state index in [1.807, 2.05) is 41.8 Å². The molecule has 2 heterocycles. The number of aromatic amines is 1. The molecule has 1 saturated heterocycles. The molecule has 3 N–H and O–H groups in total. The van der Waals surface area contributed by atoms with Crippen molar-refractivity contribution in [3.05, 3.63) is 52.4 Å². The van der Waals surface area contributed by atoms with Crippen LogP contribution in [0.2, 0.25) is 0 Å². The molecule has 2 aliphatic rings. The second-order valence-corrected chi connectivity index (χ2v) is 9.39. The van der Waals surface area contributed by atoms with E-state index in [-0.39, 0.29) is 23.6 Å². The van der Waals surface area contributed by atoms with Crippen molar-refractivity contribution in [3.8, 4) is 5.75 Å². The average molecular weight is 464 g/mol. The minimum absolute atomic E-state index is 0.0385. The lowest BCUT2D eigenvalue weighted by atomic mass is 9.85. The van der Waals surface area contributed by atoms with Crippen molar-refractivity contribution in [2.24, 2.45) is 5.92 Å². The van der Waals surface area contributed by atoms with Gasteiger partial charge in [0.15, 0.2) is 0 Å². The van der Waals surface area contributed by atoms with Gasteiger partial charge in [0.2, 0.25) is 5.91 Å². The molecule has 0 unspecified atom stereocenters. The maximum absolute atomic E-state index is 13.0. The van der Waals surface area contributed by atoms with E-state index < -0.39 is 0 Å². The van der Waals surface area contributed by atoms with Crippen LogP contribution >= 0.6 is 0 Å². The summed E-state index contributed by atoms with van der Waals surface area (Å²) in [6.07, 6.45) is 3.13. The predicted octanol–water partition coefficient (Wildman–Crippen LogP) is 3.43. The third-order valence-corrected chi connectivity index (χ3v) is 7.30. The first-order valence-corrected chi connectivity index (χ1v) is 12.2. The third-order valence-electron chi connectivity index (χ3n) is 7.30. The van der Waals surface area contributed by atoms with E-state index in [1.54, 1.807) is 7.11 Å². The van der Waals surface area contributed by atoms with E-state index >= 15 is 0 Å². The zero-order valence-electron chi connectivity index (χ0n) is 19.9. The number of anilines is 2. The summed E-state index contributed by atoms with van der Waals surface area (Å²) in [6, 6.07) is 12.0. The molecule has 0 atom stereocenters. The van der Waals surface area contributed by atoms with E-state index in [9.17, 15) is 9.59 Å². The number of carbonyl (C=O) groups excluding carboxylic acids is 1. The second-order valence-electron chi connectivity index (χ2n) is 9.39. The van der Waals surface area contributed by atoms with Gasteiger partial charge in [-0.2, -0.15) is 0 Å². The number of ether oxygens (including phenoxy) is 1. The molecule has 2 aromatic carbocycles. The van der Waals surface area contributed by atoms with Crippen molar-refractivity contribution in [1.29, 1.82) is 0 Å². The Balaban J connectivity index is 1.29. The Labute approximate surface area is 199 Å². The molecule has 8 nitrogen and oxygen atoms in total. The number of piperazine rings is 1. The molecule has 1 saturated carbocycles. The Morgan fingerprint density at radius 3 is 2.59 bits per heavy atom. The van der Waals surface area contributed by atoms with Gasteiger partial charge in [0.1, 0.15) is 5.75 Å². The summed E-state index contributed by atoms with van der Waals surface area (Å²) in [5.74, 6) is 0.748. The van der Waals surface area contributed by atoms with Crippen molar-refractivity contribution in [2.75, 3.05) is 43.5 Å². The summed E-state index contributed by atoms with van der Waals surface area (Å²) >= 11 is 0. The number of hydrogen-bond acceptors (Lipinski definition) is 5. The highest BCUT2D eigenvalue weighted by Gasteiger charge is 2.29. The van der Waals surface area contributed by atoms with Crippen molar-refractivity contribution >= 4 is 28.3 Å². The summed E-state index contributed by atoms with van der Waals surface area (Å²) in [5, 5.41) is 6.42. The lowest BCUT2D eigenvalue weighted by Crippen LogP contribution is -2.43. The van der Waals surface area contributed by atoms with Gasteiger partial charge in [-0.15, -0.1) is 0 Å². The van der Waals surface area contributed by atoms with Gasteiger partial charge < -0.3 is 25.3 Å². The van der Waals surface area contributed by atoms with Crippen LogP contribution in [0.25, 0.3) is 11.0 Å². The molecule has 8 heteroatoms. The zero-order chi connectivity index (χ0) is 23.7. The maximum atomic E-state index is 13.0. The average Bonchev–Trinajstić information content (AvgIpc) is 3.21. The van der Waals surface area contributed by atoms with Crippen molar-refractivity contribution < 1.29 is 9.53 Å². The van der Waals surface area contributed by atoms with E-state index in [1.165, 1.54) is 0 Å². The van der Waals surface area contributed by atoms with Crippen LogP contribution in [0.1, 0.15) is 37.3 Å². The van der Waals surface area contributed by atoms with Gasteiger partial charge in [0, 0.05) is 49.9 Å². The van der Waals surface area contributed by atoms with E-state index in [0.29, 0.717) is 0 Å². The highest BCUT2D eigenvalue weighted by Crippen LogP contribution is 2.35. The Bertz CT molecular complexity index is 1230. The molecule has 2 fully saturated rings. The molecule has 5 rings (SSSR count). The summed E-state index contributed by atoms with van der Waals surface area (Å²) in [5.41, 5.74) is 4.70. The molecule has 1 aliphatic heterocycles. The topological polar surface area (TPSA) is 91.4 Å². The Morgan fingerprint density at radius 1 is 1.09 bits per heavy atom. The van der Waals surface area contributed by atoms with E-state index in [4.69, 9.17) is 4.74 Å². The van der Waals surface area contributed by atoms with Crippen LogP contribution in [0.4, 0.5) is 11.4 Å². The van der Waals surface area contributed by atoms with Gasteiger partial charge in [-0.1, -0.05) is 12.1 Å². The number of methoxy groups -OCH3 is 1. The van der Waals surface area contributed by atoms with Crippen LogP contribution in [-0.4, -0.2) is 48.7 Å². The van der Waals surface area contributed by atoms with Gasteiger partial charge in [-0.25, -0.2) is 4.79 Å². The molecule has 1 amide bonds. The number of rotatable bonds is 5. The monoisotopic (exact) mass is 463 g/mol. The van der Waals surface area contributed by atoms with Gasteiger partial charge in [0.05, 0.1) is 23.8 Å². The SMILES string of the molecule is COc1cc(NC(=O)[C@H]2CC[C@@H](n3c(=O)[nH]c4c(N5CCNCC5)cccc43)CC2)ccc1C. The number of carbonyl (C=O) groups is 1. The summed E-state index contributed by atoms with van der Waals surface area (Å²) in [4.78, 5) is 31.4. The number of imidazole rings is 1. The first-order valence-electron chi connectivity index (χ1n) is 12.2. The van der Waals surface area contributed by atoms with Crippen LogP contribution < -0.4 is 26.0 Å². The second kappa shape index (κ2) is 9.54. The number of nitrogens with zero attached hydrogens (tertiary/aromatic N) is 2. The number of aromatic nitrogens is 2. The van der Waals surface area contributed by atoms with Crippen LogP contribution in [0.5, 0.6) is 5.75 Å². The number of amides is 1. The Morgan fingerprint density at radius 2 is 1.85 bits per heavy atom. The Kier molecular flexibility index (Phi) is 6.32. The fourth-order valence-electron chi connectivity index (χ4n) is 5.40. The third kappa shape index (κ3) is 4.30. The summed E-state index contributed by atoms with van der Waals surface area (Å²) in [6.45, 7) is 5.73. The van der Waals surface area contributed by atoms with Crippen LogP contribution in [0.15, 0.2) is 41.2 Å². The first kappa shape index (κ1) is 22.5. The lowest BCUT2D eigenvalue weighted by molar-refractivity contribution is -0.121. The highest BCUT2D eigenvalue weighted by atomic mass is 16.5. The molecule has 3 aromatic rings. The molecule has 1 aliphatic carbocycles. The molecule has 0 bridgehead atoms. The number of benzene rings is 2. The molecular formula is C26H33N5O3. The van der Waals surface area contributed by atoms with Gasteiger partial charge in [-0.3, -0.25) is 9.36 Å². The number of fused-ring (bicyclic) bond motifs is 1. The van der Waals surface area contributed by atoms with E-state index in [0.717, 1.165) is 85.6 Å². The minimum atomic E-state index is -0.0581. The summed E-state index contributed by atoms with van der Waals surface area (Å²) < 4.78 is 7.29. The summed E-state index contributed by atoms with van der Waals surface area (Å²) in [7, 11) is 1.63. The molecule has 34 heavy (non-hydrogen) atoms. The van der Waals surface area contributed by atoms with Crippen LogP contribution in [-0.2, 0) is 4.79 Å². The fourth-order valence-corrected chi connectivity index (χ4v) is 5.40. The lowest BCUT2D eigenvalue weighted by Gasteiger charge is -2.30. The van der Waals surface area contributed by atoms with E-state index in [2.05, 4.69) is 26.6 Å². The molecule has 0 radical (unpaired) electrons. The normalized spacial score (nSPS) is 20.9. The van der Waals surface area contributed by atoms with Crippen molar-refractivity contribution in [2.45, 2.75) is 38.6 Å². The molecule has 1 aromatic heterocycles. The standard InChI is InChI=1S/C26H33N5O3/c1-17-6-9-19(16-23(17)34-2)28-25(32)18-7-10-20(11-8-18)31-22-5-3-4-21(24(22)29-26(31)33)30-14-12-27-13-15-30/h3-6,9,16,18,20,27H,7-8,10-15H2,1-2H3,(H,28,32)(H,29,33)/t18-,20+. The molecular weight excluding hydrogens is 430 g/mol. The fraction of sp³-hybridized carbons (Fsp3) is 0.462. The number of nitrogens with one attached hydrogen (secondary N) is 3. The van der Waals surface area contributed by atoms with Crippen LogP contribution in [0, 0.1) is 12.8 Å². The van der Waals surface area contributed by atoms with Crippen molar-refractivity contribution in [1.82, 2.24) is 14.9 Å². The molecule has 0 spiro atoms. The Hall–Kier alpha value is -3.26. The number of hydrogen-bond donors (Lipinski definition) is 3. The minimum Gasteiger partial charge on any atom is -0.496 e. The predicted molar refractivity (Wildman–Crippen MR) is 135 cm³/mol. The highest BCUT2D eigenvalue weighted by molar-refractivity contribution is 5.93. The first-order chi connectivity index (χ1) is 16.5. The van der Waals surface area contributed by atoms with Gasteiger partial charge in [0.25, 0.3) is 0 Å². The van der Waals surface area contributed by atoms with Crippen LogP contribution in [0.3, 0.4) is 0 Å². The largest absolute Gasteiger partial charge is 0.496 e. The molecule has 180 valence electrons. The maximum Gasteiger partial charge on any atom is 0.326 e. The van der Waals surface area contributed by atoms with Crippen molar-refractivity contribution in [3.63, 3.8) is 0 Å². The smallest absolute Gasteiger partial charge is 0.326 e. The zero-order valence-corrected chi connectivity index (χ0v) is 19.9. The number of H-pyrrole nitrogens is 1. The van der Waals surface area contributed by atoms with Gasteiger partial charge in [-0.05, 0) is 56.4 Å². The quantitative estimate of drug-likeness (QED) is 0.539.